The Labute approximate surface area is 130 Å². The molecule has 3 heterocycles. The molecule has 0 fully saturated rings. The summed E-state index contributed by atoms with van der Waals surface area (Å²) in [6, 6.07) is 3.97. The van der Waals surface area contributed by atoms with Crippen LogP contribution < -0.4 is 10.5 Å². The highest BCUT2D eigenvalue weighted by Crippen LogP contribution is 2.41. The monoisotopic (exact) mass is 297 g/mol. The molecule has 3 heteroatoms. The van der Waals surface area contributed by atoms with Crippen molar-refractivity contribution in [3.05, 3.63) is 39.2 Å². The molecule has 1 aromatic carbocycles. The number of fused-ring (bicyclic) bond motifs is 2. The fraction of sp³-hybridized carbons (Fsp3) is 0.526. The van der Waals surface area contributed by atoms with E-state index in [1.165, 1.54) is 23.2 Å². The largest absolute Gasteiger partial charge is 0.422 e. The third kappa shape index (κ3) is 1.98. The fourth-order valence-corrected chi connectivity index (χ4v) is 4.09. The van der Waals surface area contributed by atoms with Crippen LogP contribution in [0.5, 0.6) is 0 Å². The van der Waals surface area contributed by atoms with Gasteiger partial charge in [0, 0.05) is 35.8 Å². The van der Waals surface area contributed by atoms with Crippen molar-refractivity contribution in [1.82, 2.24) is 0 Å². The number of nitrogens with zero attached hydrogens (tertiary/aromatic N) is 1. The van der Waals surface area contributed by atoms with E-state index in [9.17, 15) is 4.79 Å². The summed E-state index contributed by atoms with van der Waals surface area (Å²) in [7, 11) is 0. The molecule has 0 aliphatic carbocycles. The highest BCUT2D eigenvalue weighted by Gasteiger charge is 2.29. The van der Waals surface area contributed by atoms with Gasteiger partial charge in [-0.2, -0.15) is 0 Å². The van der Waals surface area contributed by atoms with Gasteiger partial charge in [-0.15, -0.1) is 0 Å². The molecular weight excluding hydrogens is 274 g/mol. The van der Waals surface area contributed by atoms with Crippen LogP contribution in [0.25, 0.3) is 11.0 Å². The van der Waals surface area contributed by atoms with Crippen LogP contribution in [0.3, 0.4) is 0 Å². The SMILES string of the molecule is CC(C)(C)c1cc(=O)oc2c3c4c(cc12)CCCN4CCC3. The van der Waals surface area contributed by atoms with Gasteiger partial charge in [-0.1, -0.05) is 20.8 Å². The molecule has 1 aromatic heterocycles. The molecule has 0 atom stereocenters. The summed E-state index contributed by atoms with van der Waals surface area (Å²) in [6.45, 7) is 8.76. The molecule has 0 unspecified atom stereocenters. The quantitative estimate of drug-likeness (QED) is 0.694. The van der Waals surface area contributed by atoms with E-state index in [1.54, 1.807) is 6.07 Å². The smallest absolute Gasteiger partial charge is 0.336 e. The van der Waals surface area contributed by atoms with E-state index in [2.05, 4.69) is 31.7 Å². The zero-order chi connectivity index (χ0) is 15.5. The van der Waals surface area contributed by atoms with E-state index in [4.69, 9.17) is 4.42 Å². The number of anilines is 1. The average Bonchev–Trinajstić information content (AvgIpc) is 2.47. The van der Waals surface area contributed by atoms with Crippen LogP contribution in [0.2, 0.25) is 0 Å². The predicted molar refractivity (Wildman–Crippen MR) is 90.0 cm³/mol. The zero-order valence-corrected chi connectivity index (χ0v) is 13.7. The molecule has 0 saturated heterocycles. The van der Waals surface area contributed by atoms with Gasteiger partial charge in [0.25, 0.3) is 0 Å². The van der Waals surface area contributed by atoms with E-state index in [0.29, 0.717) is 0 Å². The Balaban J connectivity index is 2.13. The van der Waals surface area contributed by atoms with Crippen molar-refractivity contribution in [2.24, 2.45) is 0 Å². The van der Waals surface area contributed by atoms with Crippen molar-refractivity contribution in [3.63, 3.8) is 0 Å². The maximum absolute atomic E-state index is 12.1. The van der Waals surface area contributed by atoms with Crippen LogP contribution in [0, 0.1) is 0 Å². The molecular formula is C19H23NO2. The van der Waals surface area contributed by atoms with E-state index < -0.39 is 0 Å². The molecule has 3 nitrogen and oxygen atoms in total. The molecule has 0 bridgehead atoms. The molecule has 0 amide bonds. The third-order valence-electron chi connectivity index (χ3n) is 5.04. The number of aryl methyl sites for hydroxylation is 2. The Morgan fingerprint density at radius 3 is 2.55 bits per heavy atom. The van der Waals surface area contributed by atoms with E-state index >= 15 is 0 Å². The molecule has 0 radical (unpaired) electrons. The van der Waals surface area contributed by atoms with Gasteiger partial charge in [-0.25, -0.2) is 4.79 Å². The van der Waals surface area contributed by atoms with Crippen LogP contribution in [-0.2, 0) is 18.3 Å². The lowest BCUT2D eigenvalue weighted by atomic mass is 9.82. The Bertz CT molecular complexity index is 809. The molecule has 0 N–H and O–H groups in total. The van der Waals surface area contributed by atoms with Gasteiger partial charge in [0.05, 0.1) is 0 Å². The van der Waals surface area contributed by atoms with Crippen molar-refractivity contribution in [2.75, 3.05) is 18.0 Å². The minimum atomic E-state index is -0.221. The van der Waals surface area contributed by atoms with Crippen molar-refractivity contribution in [2.45, 2.75) is 51.9 Å². The minimum Gasteiger partial charge on any atom is -0.422 e. The first-order valence-electron chi connectivity index (χ1n) is 8.33. The number of hydrogen-bond acceptors (Lipinski definition) is 3. The minimum absolute atomic E-state index is 0.0574. The maximum Gasteiger partial charge on any atom is 0.336 e. The summed E-state index contributed by atoms with van der Waals surface area (Å²) in [5.74, 6) is 0. The molecule has 22 heavy (non-hydrogen) atoms. The predicted octanol–water partition coefficient (Wildman–Crippen LogP) is 3.79. The normalized spacial score (nSPS) is 17.7. The summed E-state index contributed by atoms with van der Waals surface area (Å²) in [5.41, 5.74) is 5.73. The number of hydrogen-bond donors (Lipinski definition) is 0. The van der Waals surface area contributed by atoms with Crippen molar-refractivity contribution in [1.29, 1.82) is 0 Å². The lowest BCUT2D eigenvalue weighted by Gasteiger charge is -2.37. The second kappa shape index (κ2) is 4.61. The van der Waals surface area contributed by atoms with Gasteiger partial charge in [0.1, 0.15) is 5.58 Å². The Hall–Kier alpha value is -1.77. The van der Waals surface area contributed by atoms with Gasteiger partial charge in [-0.05, 0) is 48.3 Å². The van der Waals surface area contributed by atoms with Crippen LogP contribution in [0.4, 0.5) is 5.69 Å². The molecule has 2 aliphatic heterocycles. The summed E-state index contributed by atoms with van der Waals surface area (Å²) < 4.78 is 5.69. The van der Waals surface area contributed by atoms with Crippen molar-refractivity contribution < 1.29 is 4.42 Å². The lowest BCUT2D eigenvalue weighted by molar-refractivity contribution is 0.532. The molecule has 2 aliphatic rings. The Kier molecular flexibility index (Phi) is 2.91. The summed E-state index contributed by atoms with van der Waals surface area (Å²) in [6.07, 6.45) is 4.53. The lowest BCUT2D eigenvalue weighted by Crippen LogP contribution is -2.34. The second-order valence-electron chi connectivity index (χ2n) is 7.66. The third-order valence-corrected chi connectivity index (χ3v) is 5.04. The summed E-state index contributed by atoms with van der Waals surface area (Å²) in [4.78, 5) is 14.6. The Morgan fingerprint density at radius 1 is 1.09 bits per heavy atom. The van der Waals surface area contributed by atoms with Gasteiger partial charge < -0.3 is 9.32 Å². The maximum atomic E-state index is 12.1. The van der Waals surface area contributed by atoms with Gasteiger partial charge in [0.15, 0.2) is 0 Å². The average molecular weight is 297 g/mol. The van der Waals surface area contributed by atoms with Crippen LogP contribution in [-0.4, -0.2) is 13.1 Å². The Morgan fingerprint density at radius 2 is 1.82 bits per heavy atom. The van der Waals surface area contributed by atoms with Crippen molar-refractivity contribution >= 4 is 16.7 Å². The number of rotatable bonds is 0. The fourth-order valence-electron chi connectivity index (χ4n) is 4.09. The topological polar surface area (TPSA) is 33.5 Å². The van der Waals surface area contributed by atoms with Gasteiger partial charge in [-0.3, -0.25) is 0 Å². The van der Waals surface area contributed by atoms with E-state index in [0.717, 1.165) is 48.9 Å². The summed E-state index contributed by atoms with van der Waals surface area (Å²) >= 11 is 0. The van der Waals surface area contributed by atoms with Crippen molar-refractivity contribution in [3.8, 4) is 0 Å². The van der Waals surface area contributed by atoms with Crippen LogP contribution >= 0.6 is 0 Å². The molecule has 0 spiro atoms. The first kappa shape index (κ1) is 13.9. The standard InChI is InChI=1S/C19H23NO2/c1-19(2,3)15-11-16(21)22-18-13-7-5-9-20-8-4-6-12(17(13)20)10-14(15)18/h10-11H,4-9H2,1-3H3. The molecule has 116 valence electrons. The second-order valence-corrected chi connectivity index (χ2v) is 7.66. The first-order valence-corrected chi connectivity index (χ1v) is 8.33. The van der Waals surface area contributed by atoms with Crippen LogP contribution in [0.15, 0.2) is 21.3 Å². The molecule has 4 rings (SSSR count). The summed E-state index contributed by atoms with van der Waals surface area (Å²) in [5, 5.41) is 1.14. The van der Waals surface area contributed by atoms with Crippen LogP contribution in [0.1, 0.15) is 50.3 Å². The zero-order valence-electron chi connectivity index (χ0n) is 13.7. The van der Waals surface area contributed by atoms with Gasteiger partial charge in [0.2, 0.25) is 0 Å². The van der Waals surface area contributed by atoms with E-state index in [-0.39, 0.29) is 11.0 Å². The highest BCUT2D eigenvalue weighted by molar-refractivity contribution is 5.91. The molecule has 2 aromatic rings. The highest BCUT2D eigenvalue weighted by atomic mass is 16.4. The van der Waals surface area contributed by atoms with E-state index in [1.807, 2.05) is 0 Å². The number of benzene rings is 1. The first-order chi connectivity index (χ1) is 10.4. The van der Waals surface area contributed by atoms with Gasteiger partial charge >= 0.3 is 5.63 Å². The molecule has 0 saturated carbocycles.